The molecule has 0 radical (unpaired) electrons. The maximum absolute atomic E-state index is 11.6. The second-order valence-corrected chi connectivity index (χ2v) is 4.75. The number of carbonyl (C=O) groups is 1. The van der Waals surface area contributed by atoms with E-state index in [-0.39, 0.29) is 5.78 Å². The minimum atomic E-state index is 0.166. The van der Waals surface area contributed by atoms with Gasteiger partial charge in [-0.1, -0.05) is 37.6 Å². The molecule has 0 aliphatic rings. The maximum Gasteiger partial charge on any atom is 0.151 e. The average molecular weight is 240 g/mol. The first-order valence-electron chi connectivity index (χ1n) is 5.49. The molecule has 0 atom stereocenters. The van der Waals surface area contributed by atoms with Crippen LogP contribution in [0.5, 0.6) is 0 Å². The van der Waals surface area contributed by atoms with Gasteiger partial charge in [-0.05, 0) is 24.1 Å². The van der Waals surface area contributed by atoms with Gasteiger partial charge in [0.25, 0.3) is 0 Å². The molecule has 0 saturated heterocycles. The quantitative estimate of drug-likeness (QED) is 0.856. The summed E-state index contributed by atoms with van der Waals surface area (Å²) in [6, 6.07) is 6.12. The molecular formula is C13H18ClNO. The number of hydrogen-bond donors (Lipinski definition) is 1. The van der Waals surface area contributed by atoms with Crippen molar-refractivity contribution in [1.82, 2.24) is 5.32 Å². The Morgan fingerprint density at radius 3 is 2.69 bits per heavy atom. The normalized spacial score (nSPS) is 10.8. The lowest BCUT2D eigenvalue weighted by atomic mass is 10.1. The van der Waals surface area contributed by atoms with Crippen molar-refractivity contribution in [3.63, 3.8) is 0 Å². The molecule has 1 aromatic carbocycles. The first kappa shape index (κ1) is 13.2. The first-order valence-corrected chi connectivity index (χ1v) is 5.87. The van der Waals surface area contributed by atoms with Crippen molar-refractivity contribution in [2.45, 2.75) is 33.2 Å². The fraction of sp³-hybridized carbons (Fsp3) is 0.462. The second kappa shape index (κ2) is 6.02. The summed E-state index contributed by atoms with van der Waals surface area (Å²) < 4.78 is 0. The topological polar surface area (TPSA) is 29.1 Å². The van der Waals surface area contributed by atoms with Crippen LogP contribution in [0.15, 0.2) is 18.2 Å². The second-order valence-electron chi connectivity index (χ2n) is 4.35. The summed E-state index contributed by atoms with van der Waals surface area (Å²) in [6.45, 7) is 6.43. The number of nitrogens with one attached hydrogen (secondary N) is 1. The van der Waals surface area contributed by atoms with E-state index in [1.807, 2.05) is 39.0 Å². The number of ketones is 1. The summed E-state index contributed by atoms with van der Waals surface area (Å²) >= 11 is 6.06. The van der Waals surface area contributed by atoms with Crippen LogP contribution in [0.1, 0.15) is 25.0 Å². The zero-order valence-corrected chi connectivity index (χ0v) is 10.8. The molecule has 0 heterocycles. The highest BCUT2D eigenvalue weighted by atomic mass is 35.5. The van der Waals surface area contributed by atoms with Crippen molar-refractivity contribution in [3.05, 3.63) is 34.3 Å². The number of hydrogen-bond acceptors (Lipinski definition) is 2. The molecule has 0 spiro atoms. The highest BCUT2D eigenvalue weighted by Gasteiger charge is 2.07. The number of carbonyl (C=O) groups excluding carboxylic acids is 1. The Labute approximate surface area is 102 Å². The molecule has 0 aliphatic carbocycles. The molecular weight excluding hydrogens is 222 g/mol. The van der Waals surface area contributed by atoms with E-state index in [0.717, 1.165) is 11.1 Å². The van der Waals surface area contributed by atoms with Crippen molar-refractivity contribution >= 4 is 17.4 Å². The smallest absolute Gasteiger partial charge is 0.151 e. The van der Waals surface area contributed by atoms with Crippen molar-refractivity contribution in [1.29, 1.82) is 0 Å². The Morgan fingerprint density at radius 2 is 2.12 bits per heavy atom. The summed E-state index contributed by atoms with van der Waals surface area (Å²) in [6.07, 6.45) is 0.402. The van der Waals surface area contributed by atoms with E-state index >= 15 is 0 Å². The summed E-state index contributed by atoms with van der Waals surface area (Å²) in [5.74, 6) is 0.166. The molecule has 0 unspecified atom stereocenters. The number of halogens is 1. The van der Waals surface area contributed by atoms with Crippen molar-refractivity contribution < 1.29 is 4.79 Å². The summed E-state index contributed by atoms with van der Waals surface area (Å²) in [7, 11) is 0. The van der Waals surface area contributed by atoms with E-state index in [1.54, 1.807) is 0 Å². The minimum Gasteiger partial charge on any atom is -0.308 e. The predicted octanol–water partition coefficient (Wildman–Crippen LogP) is 2.76. The maximum atomic E-state index is 11.6. The fourth-order valence-electron chi connectivity index (χ4n) is 1.39. The number of benzene rings is 1. The number of Topliss-reactive ketones (excluding diaryl/α,β-unsaturated/α-hetero) is 1. The molecule has 16 heavy (non-hydrogen) atoms. The van der Waals surface area contributed by atoms with Crippen LogP contribution in [0, 0.1) is 6.92 Å². The molecule has 1 aromatic rings. The van der Waals surface area contributed by atoms with E-state index in [2.05, 4.69) is 5.32 Å². The predicted molar refractivity (Wildman–Crippen MR) is 68.0 cm³/mol. The highest BCUT2D eigenvalue weighted by molar-refractivity contribution is 6.31. The van der Waals surface area contributed by atoms with Crippen LogP contribution in [0.2, 0.25) is 5.02 Å². The van der Waals surface area contributed by atoms with Gasteiger partial charge in [-0.15, -0.1) is 0 Å². The SMILES string of the molecule is Cc1ccc(CC(=O)CNC(C)C)c(Cl)c1. The third-order valence-electron chi connectivity index (χ3n) is 2.30. The van der Waals surface area contributed by atoms with Gasteiger partial charge in [-0.25, -0.2) is 0 Å². The molecule has 0 fully saturated rings. The van der Waals surface area contributed by atoms with Gasteiger partial charge in [0.15, 0.2) is 5.78 Å². The van der Waals surface area contributed by atoms with Crippen molar-refractivity contribution in [2.24, 2.45) is 0 Å². The fourth-order valence-corrected chi connectivity index (χ4v) is 1.69. The number of rotatable bonds is 5. The zero-order valence-electron chi connectivity index (χ0n) is 10.0. The molecule has 88 valence electrons. The van der Waals surface area contributed by atoms with Crippen molar-refractivity contribution in [2.75, 3.05) is 6.54 Å². The lowest BCUT2D eigenvalue weighted by Gasteiger charge is -2.08. The molecule has 3 heteroatoms. The van der Waals surface area contributed by atoms with Gasteiger partial charge in [-0.3, -0.25) is 4.79 Å². The monoisotopic (exact) mass is 239 g/mol. The Bertz CT molecular complexity index is 374. The van der Waals surface area contributed by atoms with E-state index in [9.17, 15) is 4.79 Å². The molecule has 1 rings (SSSR count). The van der Waals surface area contributed by atoms with Crippen LogP contribution in [0.3, 0.4) is 0 Å². The van der Waals surface area contributed by atoms with Crippen LogP contribution >= 0.6 is 11.6 Å². The molecule has 0 amide bonds. The van der Waals surface area contributed by atoms with Crippen LogP contribution < -0.4 is 5.32 Å². The average Bonchev–Trinajstić information content (AvgIpc) is 2.19. The molecule has 0 bridgehead atoms. The van der Waals surface area contributed by atoms with Crippen LogP contribution in [-0.2, 0) is 11.2 Å². The minimum absolute atomic E-state index is 0.166. The summed E-state index contributed by atoms with van der Waals surface area (Å²) in [5.41, 5.74) is 2.02. The standard InChI is InChI=1S/C13H18ClNO/c1-9(2)15-8-12(16)7-11-5-4-10(3)6-13(11)14/h4-6,9,15H,7-8H2,1-3H3. The van der Waals surface area contributed by atoms with Gasteiger partial charge in [0.2, 0.25) is 0 Å². The van der Waals surface area contributed by atoms with Crippen LogP contribution in [0.25, 0.3) is 0 Å². The van der Waals surface area contributed by atoms with Gasteiger partial charge in [-0.2, -0.15) is 0 Å². The van der Waals surface area contributed by atoms with E-state index in [4.69, 9.17) is 11.6 Å². The van der Waals surface area contributed by atoms with Gasteiger partial charge in [0.1, 0.15) is 0 Å². The Morgan fingerprint density at radius 1 is 1.44 bits per heavy atom. The molecule has 0 aliphatic heterocycles. The first-order chi connectivity index (χ1) is 7.49. The summed E-state index contributed by atoms with van der Waals surface area (Å²) in [5, 5.41) is 3.78. The van der Waals surface area contributed by atoms with E-state index < -0.39 is 0 Å². The lowest BCUT2D eigenvalue weighted by molar-refractivity contribution is -0.117. The Balaban J connectivity index is 2.56. The molecule has 0 saturated carbocycles. The van der Waals surface area contributed by atoms with Gasteiger partial charge in [0, 0.05) is 17.5 Å². The highest BCUT2D eigenvalue weighted by Crippen LogP contribution is 2.18. The number of aryl methyl sites for hydroxylation is 1. The largest absolute Gasteiger partial charge is 0.308 e. The Hall–Kier alpha value is -0.860. The third-order valence-corrected chi connectivity index (χ3v) is 2.66. The van der Waals surface area contributed by atoms with Gasteiger partial charge < -0.3 is 5.32 Å². The van der Waals surface area contributed by atoms with E-state index in [1.165, 1.54) is 0 Å². The third kappa shape index (κ3) is 4.33. The van der Waals surface area contributed by atoms with Crippen LogP contribution in [0.4, 0.5) is 0 Å². The van der Waals surface area contributed by atoms with E-state index in [0.29, 0.717) is 24.0 Å². The summed E-state index contributed by atoms with van der Waals surface area (Å²) in [4.78, 5) is 11.6. The Kier molecular flexibility index (Phi) is 4.97. The molecule has 0 aromatic heterocycles. The van der Waals surface area contributed by atoms with Crippen molar-refractivity contribution in [3.8, 4) is 0 Å². The lowest BCUT2D eigenvalue weighted by Crippen LogP contribution is -2.30. The molecule has 2 nitrogen and oxygen atoms in total. The van der Waals surface area contributed by atoms with Gasteiger partial charge in [0.05, 0.1) is 6.54 Å². The van der Waals surface area contributed by atoms with Gasteiger partial charge >= 0.3 is 0 Å². The zero-order chi connectivity index (χ0) is 12.1. The van der Waals surface area contributed by atoms with Crippen LogP contribution in [-0.4, -0.2) is 18.4 Å². The molecule has 1 N–H and O–H groups in total.